The van der Waals surface area contributed by atoms with Gasteiger partial charge in [-0.15, -0.1) is 0 Å². The van der Waals surface area contributed by atoms with Crippen LogP contribution in [0.3, 0.4) is 0 Å². The fourth-order valence-electron chi connectivity index (χ4n) is 1.25. The average molecular weight is 430 g/mol. The van der Waals surface area contributed by atoms with E-state index in [4.69, 9.17) is 0 Å². The highest BCUT2D eigenvalue weighted by molar-refractivity contribution is 5.30. The van der Waals surface area contributed by atoms with Crippen molar-refractivity contribution in [1.29, 1.82) is 0 Å². The van der Waals surface area contributed by atoms with Crippen molar-refractivity contribution in [3.05, 3.63) is 41.2 Å². The van der Waals surface area contributed by atoms with Crippen LogP contribution in [0.15, 0.2) is 12.1 Å². The van der Waals surface area contributed by atoms with Gasteiger partial charge in [0.05, 0.1) is 0 Å². The Balaban J connectivity index is 3.41. The summed E-state index contributed by atoms with van der Waals surface area (Å²) in [6, 6.07) is -3.73. The standard InChI is InChI=1S/C11F14O2/c12-1-2(13)4(15)6(5(16)3(1)14)26-10(22,23)9(20,21)11(24,25)27-8(19)7(17)18. The molecule has 0 aliphatic carbocycles. The van der Waals surface area contributed by atoms with E-state index in [-0.39, 0.29) is 0 Å². The van der Waals surface area contributed by atoms with Crippen LogP contribution in [0.1, 0.15) is 0 Å². The normalized spacial score (nSPS) is 12.8. The number of alkyl halides is 6. The molecule has 154 valence electrons. The lowest BCUT2D eigenvalue weighted by Gasteiger charge is -2.31. The van der Waals surface area contributed by atoms with Crippen LogP contribution in [0.25, 0.3) is 0 Å². The summed E-state index contributed by atoms with van der Waals surface area (Å²) in [4.78, 5) is 0. The number of hydrogen-bond donors (Lipinski definition) is 0. The summed E-state index contributed by atoms with van der Waals surface area (Å²) >= 11 is 0. The van der Waals surface area contributed by atoms with E-state index in [0.29, 0.717) is 0 Å². The Morgan fingerprint density at radius 2 is 0.963 bits per heavy atom. The number of rotatable bonds is 6. The van der Waals surface area contributed by atoms with E-state index < -0.39 is 65.1 Å². The van der Waals surface area contributed by atoms with Crippen LogP contribution in [0.4, 0.5) is 61.5 Å². The van der Waals surface area contributed by atoms with E-state index in [1.807, 2.05) is 4.74 Å². The molecule has 0 aromatic heterocycles. The molecule has 1 aromatic carbocycles. The van der Waals surface area contributed by atoms with Gasteiger partial charge in [-0.1, -0.05) is 0 Å². The Labute approximate surface area is 137 Å². The molecule has 0 aliphatic heterocycles. The van der Waals surface area contributed by atoms with Gasteiger partial charge in [-0.25, -0.2) is 13.2 Å². The summed E-state index contributed by atoms with van der Waals surface area (Å²) < 4.78 is 183. The van der Waals surface area contributed by atoms with Gasteiger partial charge >= 0.3 is 30.2 Å². The molecule has 16 heteroatoms. The van der Waals surface area contributed by atoms with Crippen LogP contribution in [-0.4, -0.2) is 18.1 Å². The first kappa shape index (κ1) is 22.6. The molecular weight excluding hydrogens is 430 g/mol. The zero-order valence-corrected chi connectivity index (χ0v) is 11.6. The highest BCUT2D eigenvalue weighted by Crippen LogP contribution is 2.49. The summed E-state index contributed by atoms with van der Waals surface area (Å²) in [5.74, 6) is -25.7. The van der Waals surface area contributed by atoms with Crippen LogP contribution in [0.5, 0.6) is 5.75 Å². The molecule has 1 aromatic rings. The van der Waals surface area contributed by atoms with Crippen molar-refractivity contribution in [2.24, 2.45) is 0 Å². The first-order valence-electron chi connectivity index (χ1n) is 5.71. The summed E-state index contributed by atoms with van der Waals surface area (Å²) in [7, 11) is 0. The van der Waals surface area contributed by atoms with E-state index in [9.17, 15) is 61.5 Å². The Kier molecular flexibility index (Phi) is 5.83. The molecule has 0 heterocycles. The van der Waals surface area contributed by atoms with E-state index in [0.717, 1.165) is 0 Å². The molecule has 0 unspecified atom stereocenters. The zero-order valence-electron chi connectivity index (χ0n) is 11.6. The molecule has 0 fully saturated rings. The predicted octanol–water partition coefficient (Wildman–Crippen LogP) is 5.63. The third-order valence-electron chi connectivity index (χ3n) is 2.50. The molecule has 2 nitrogen and oxygen atoms in total. The third-order valence-corrected chi connectivity index (χ3v) is 2.50. The number of halogens is 14. The summed E-state index contributed by atoms with van der Waals surface area (Å²) in [6.45, 7) is 0. The first-order chi connectivity index (χ1) is 12.0. The second kappa shape index (κ2) is 6.95. The monoisotopic (exact) mass is 430 g/mol. The van der Waals surface area contributed by atoms with Crippen LogP contribution >= 0.6 is 0 Å². The maximum absolute atomic E-state index is 13.2. The predicted molar refractivity (Wildman–Crippen MR) is 53.1 cm³/mol. The molecule has 0 aliphatic rings. The van der Waals surface area contributed by atoms with Crippen LogP contribution in [0, 0.1) is 29.1 Å². The van der Waals surface area contributed by atoms with Crippen molar-refractivity contribution in [3.8, 4) is 5.75 Å². The number of benzene rings is 1. The largest absolute Gasteiger partial charge is 0.477 e. The van der Waals surface area contributed by atoms with Crippen molar-refractivity contribution < 1.29 is 70.9 Å². The number of ether oxygens (including phenoxy) is 2. The Morgan fingerprint density at radius 1 is 0.593 bits per heavy atom. The SMILES string of the molecule is FC(F)=C(F)OC(F)(F)C(F)(F)C(F)(F)Oc1c(F)c(F)c(F)c(F)c1F. The van der Waals surface area contributed by atoms with Gasteiger partial charge in [-0.2, -0.15) is 48.3 Å². The van der Waals surface area contributed by atoms with E-state index >= 15 is 0 Å². The lowest BCUT2D eigenvalue weighted by atomic mass is 10.2. The van der Waals surface area contributed by atoms with Crippen LogP contribution < -0.4 is 4.74 Å². The number of hydrogen-bond acceptors (Lipinski definition) is 2. The molecule has 0 radical (unpaired) electrons. The summed E-state index contributed by atoms with van der Waals surface area (Å²) in [6.07, 6.45) is -17.5. The maximum Gasteiger partial charge on any atom is 0.477 e. The van der Waals surface area contributed by atoms with Gasteiger partial charge in [0.2, 0.25) is 34.8 Å². The Bertz CT molecular complexity index is 738. The maximum atomic E-state index is 13.2. The van der Waals surface area contributed by atoms with Crippen molar-refractivity contribution in [2.75, 3.05) is 0 Å². The molecule has 0 saturated heterocycles. The minimum Gasteiger partial charge on any atom is -0.421 e. The lowest BCUT2D eigenvalue weighted by molar-refractivity contribution is -0.430. The molecule has 0 spiro atoms. The average Bonchev–Trinajstić information content (AvgIpc) is 2.54. The van der Waals surface area contributed by atoms with Gasteiger partial charge in [0.1, 0.15) is 0 Å². The molecule has 0 saturated carbocycles. The lowest BCUT2D eigenvalue weighted by Crippen LogP contribution is -2.58. The summed E-state index contributed by atoms with van der Waals surface area (Å²) in [5, 5.41) is 0. The molecule has 0 atom stereocenters. The van der Waals surface area contributed by atoms with Gasteiger partial charge < -0.3 is 9.47 Å². The van der Waals surface area contributed by atoms with Gasteiger partial charge in [0, 0.05) is 0 Å². The third kappa shape index (κ3) is 3.83. The second-order valence-electron chi connectivity index (χ2n) is 4.25. The van der Waals surface area contributed by atoms with Gasteiger partial charge in [-0.05, 0) is 0 Å². The minimum absolute atomic E-state index is 2.04. The first-order valence-corrected chi connectivity index (χ1v) is 5.71. The summed E-state index contributed by atoms with van der Waals surface area (Å²) in [5.41, 5.74) is 0. The minimum atomic E-state index is -7.16. The van der Waals surface area contributed by atoms with Gasteiger partial charge in [0.15, 0.2) is 0 Å². The van der Waals surface area contributed by atoms with E-state index in [1.54, 1.807) is 0 Å². The quantitative estimate of drug-likeness (QED) is 0.252. The second-order valence-corrected chi connectivity index (χ2v) is 4.25. The smallest absolute Gasteiger partial charge is 0.421 e. The molecule has 0 N–H and O–H groups in total. The molecular formula is C11F14O2. The Hall–Kier alpha value is -2.42. The zero-order chi connectivity index (χ0) is 21.5. The van der Waals surface area contributed by atoms with Crippen molar-refractivity contribution in [2.45, 2.75) is 18.1 Å². The van der Waals surface area contributed by atoms with Crippen molar-refractivity contribution in [1.82, 2.24) is 0 Å². The fraction of sp³-hybridized carbons (Fsp3) is 0.273. The highest BCUT2D eigenvalue weighted by atomic mass is 19.4. The van der Waals surface area contributed by atoms with Gasteiger partial charge in [0.25, 0.3) is 0 Å². The molecule has 27 heavy (non-hydrogen) atoms. The van der Waals surface area contributed by atoms with Crippen LogP contribution in [-0.2, 0) is 4.74 Å². The van der Waals surface area contributed by atoms with Gasteiger partial charge in [-0.3, -0.25) is 0 Å². The van der Waals surface area contributed by atoms with E-state index in [1.165, 1.54) is 0 Å². The highest BCUT2D eigenvalue weighted by Gasteiger charge is 2.77. The van der Waals surface area contributed by atoms with Crippen molar-refractivity contribution in [3.63, 3.8) is 0 Å². The fourth-order valence-corrected chi connectivity index (χ4v) is 1.25. The van der Waals surface area contributed by atoms with Crippen molar-refractivity contribution >= 4 is 0 Å². The molecule has 0 amide bonds. The molecule has 0 bridgehead atoms. The van der Waals surface area contributed by atoms with Crippen LogP contribution in [0.2, 0.25) is 0 Å². The topological polar surface area (TPSA) is 18.5 Å². The Morgan fingerprint density at radius 3 is 1.33 bits per heavy atom. The molecule has 1 rings (SSSR count). The van der Waals surface area contributed by atoms with E-state index in [2.05, 4.69) is 4.74 Å².